The first kappa shape index (κ1) is 11.9. The maximum Gasteiger partial charge on any atom is 0.312 e. The zero-order valence-corrected chi connectivity index (χ0v) is 10.0. The zero-order valence-electron chi connectivity index (χ0n) is 10.0. The zero-order chi connectivity index (χ0) is 12.4. The SMILES string of the molecule is CN1CCCc2c(C(CN)C(=O)O)cccc21. The quantitative estimate of drug-likeness (QED) is 0.824. The Morgan fingerprint density at radius 2 is 2.35 bits per heavy atom. The summed E-state index contributed by atoms with van der Waals surface area (Å²) in [5.74, 6) is -1.43. The molecule has 1 atom stereocenters. The highest BCUT2D eigenvalue weighted by Gasteiger charge is 2.24. The van der Waals surface area contributed by atoms with E-state index >= 15 is 0 Å². The van der Waals surface area contributed by atoms with Crippen LogP contribution in [-0.4, -0.2) is 31.2 Å². The van der Waals surface area contributed by atoms with E-state index in [1.807, 2.05) is 25.2 Å². The Morgan fingerprint density at radius 1 is 1.59 bits per heavy atom. The van der Waals surface area contributed by atoms with E-state index in [1.165, 1.54) is 0 Å². The molecule has 3 N–H and O–H groups in total. The van der Waals surface area contributed by atoms with Crippen molar-refractivity contribution >= 4 is 11.7 Å². The smallest absolute Gasteiger partial charge is 0.312 e. The third-order valence-electron chi connectivity index (χ3n) is 3.43. The summed E-state index contributed by atoms with van der Waals surface area (Å²) in [6, 6.07) is 5.86. The molecule has 1 unspecified atom stereocenters. The van der Waals surface area contributed by atoms with Gasteiger partial charge in [-0.2, -0.15) is 0 Å². The summed E-state index contributed by atoms with van der Waals surface area (Å²) in [5, 5.41) is 9.20. The first-order chi connectivity index (χ1) is 8.15. The number of carboxylic acid groups (broad SMARTS) is 1. The molecule has 17 heavy (non-hydrogen) atoms. The third kappa shape index (κ3) is 2.13. The summed E-state index contributed by atoms with van der Waals surface area (Å²) in [6.45, 7) is 1.17. The maximum atomic E-state index is 11.2. The lowest BCUT2D eigenvalue weighted by atomic mass is 9.89. The van der Waals surface area contributed by atoms with E-state index in [4.69, 9.17) is 5.73 Å². The highest BCUT2D eigenvalue weighted by Crippen LogP contribution is 2.32. The fraction of sp³-hybridized carbons (Fsp3) is 0.462. The first-order valence-corrected chi connectivity index (χ1v) is 5.91. The van der Waals surface area contributed by atoms with Crippen LogP contribution < -0.4 is 10.6 Å². The molecular weight excluding hydrogens is 216 g/mol. The van der Waals surface area contributed by atoms with Gasteiger partial charge in [0.15, 0.2) is 0 Å². The van der Waals surface area contributed by atoms with Gasteiger partial charge in [0.1, 0.15) is 0 Å². The van der Waals surface area contributed by atoms with Crippen molar-refractivity contribution in [2.45, 2.75) is 18.8 Å². The average molecular weight is 234 g/mol. The van der Waals surface area contributed by atoms with Crippen molar-refractivity contribution in [1.82, 2.24) is 0 Å². The molecule has 0 fully saturated rings. The molecule has 0 aromatic heterocycles. The third-order valence-corrected chi connectivity index (χ3v) is 3.43. The van der Waals surface area contributed by atoms with Crippen LogP contribution in [0.5, 0.6) is 0 Å². The second-order valence-corrected chi connectivity index (χ2v) is 4.50. The normalized spacial score (nSPS) is 16.5. The molecule has 0 radical (unpaired) electrons. The molecule has 1 aromatic carbocycles. The lowest BCUT2D eigenvalue weighted by molar-refractivity contribution is -0.138. The van der Waals surface area contributed by atoms with Crippen LogP contribution in [0.1, 0.15) is 23.5 Å². The Morgan fingerprint density at radius 3 is 3.00 bits per heavy atom. The minimum absolute atomic E-state index is 0.148. The number of benzene rings is 1. The van der Waals surface area contributed by atoms with Crippen molar-refractivity contribution in [2.24, 2.45) is 5.73 Å². The van der Waals surface area contributed by atoms with Crippen LogP contribution in [0.3, 0.4) is 0 Å². The molecule has 4 heteroatoms. The molecule has 0 bridgehead atoms. The second kappa shape index (κ2) is 4.75. The first-order valence-electron chi connectivity index (χ1n) is 5.91. The molecule has 1 aliphatic heterocycles. The second-order valence-electron chi connectivity index (χ2n) is 4.50. The number of hydrogen-bond donors (Lipinski definition) is 2. The maximum absolute atomic E-state index is 11.2. The van der Waals surface area contributed by atoms with E-state index in [0.717, 1.165) is 36.2 Å². The standard InChI is InChI=1S/C13H18N2O2/c1-15-7-3-5-10-9(4-2-6-12(10)15)11(8-14)13(16)17/h2,4,6,11H,3,5,7-8,14H2,1H3,(H,16,17). The van der Waals surface area contributed by atoms with E-state index in [2.05, 4.69) is 4.90 Å². The monoisotopic (exact) mass is 234 g/mol. The van der Waals surface area contributed by atoms with Gasteiger partial charge in [0.25, 0.3) is 0 Å². The van der Waals surface area contributed by atoms with Gasteiger partial charge < -0.3 is 15.7 Å². The molecule has 0 saturated carbocycles. The highest BCUT2D eigenvalue weighted by atomic mass is 16.4. The van der Waals surface area contributed by atoms with Crippen molar-refractivity contribution < 1.29 is 9.90 Å². The van der Waals surface area contributed by atoms with Gasteiger partial charge >= 0.3 is 5.97 Å². The van der Waals surface area contributed by atoms with E-state index < -0.39 is 11.9 Å². The Balaban J connectivity index is 2.48. The van der Waals surface area contributed by atoms with Crippen molar-refractivity contribution in [3.05, 3.63) is 29.3 Å². The summed E-state index contributed by atoms with van der Waals surface area (Å²) in [5.41, 5.74) is 8.76. The van der Waals surface area contributed by atoms with Gasteiger partial charge in [0.05, 0.1) is 5.92 Å². The number of anilines is 1. The minimum atomic E-state index is -0.839. The van der Waals surface area contributed by atoms with Crippen LogP contribution in [0.15, 0.2) is 18.2 Å². The van der Waals surface area contributed by atoms with Crippen LogP contribution in [-0.2, 0) is 11.2 Å². The number of carbonyl (C=O) groups is 1. The van der Waals surface area contributed by atoms with E-state index in [0.29, 0.717) is 0 Å². The van der Waals surface area contributed by atoms with Gasteiger partial charge in [-0.3, -0.25) is 4.79 Å². The largest absolute Gasteiger partial charge is 0.481 e. The lowest BCUT2D eigenvalue weighted by Gasteiger charge is -2.30. The van der Waals surface area contributed by atoms with Crippen LogP contribution >= 0.6 is 0 Å². The summed E-state index contributed by atoms with van der Waals surface area (Å²) >= 11 is 0. The van der Waals surface area contributed by atoms with Crippen molar-refractivity contribution in [3.63, 3.8) is 0 Å². The topological polar surface area (TPSA) is 66.6 Å². The number of rotatable bonds is 3. The number of nitrogens with two attached hydrogens (primary N) is 1. The van der Waals surface area contributed by atoms with E-state index in [-0.39, 0.29) is 6.54 Å². The van der Waals surface area contributed by atoms with Crippen LogP contribution in [0, 0.1) is 0 Å². The molecule has 1 heterocycles. The van der Waals surface area contributed by atoms with Gasteiger partial charge in [-0.05, 0) is 30.0 Å². The number of aliphatic carboxylic acids is 1. The van der Waals surface area contributed by atoms with Gasteiger partial charge in [-0.1, -0.05) is 12.1 Å². The lowest BCUT2D eigenvalue weighted by Crippen LogP contribution is -2.28. The molecular formula is C13H18N2O2. The van der Waals surface area contributed by atoms with Crippen LogP contribution in [0.25, 0.3) is 0 Å². The van der Waals surface area contributed by atoms with Crippen LogP contribution in [0.4, 0.5) is 5.69 Å². The van der Waals surface area contributed by atoms with Crippen LogP contribution in [0.2, 0.25) is 0 Å². The Kier molecular flexibility index (Phi) is 3.33. The summed E-state index contributed by atoms with van der Waals surface area (Å²) in [7, 11) is 2.04. The number of carboxylic acids is 1. The number of nitrogens with zero attached hydrogens (tertiary/aromatic N) is 1. The molecule has 1 aromatic rings. The molecule has 0 saturated heterocycles. The molecule has 0 spiro atoms. The molecule has 4 nitrogen and oxygen atoms in total. The fourth-order valence-corrected chi connectivity index (χ4v) is 2.52. The fourth-order valence-electron chi connectivity index (χ4n) is 2.52. The van der Waals surface area contributed by atoms with E-state index in [1.54, 1.807) is 0 Å². The van der Waals surface area contributed by atoms with Gasteiger partial charge in [-0.15, -0.1) is 0 Å². The number of fused-ring (bicyclic) bond motifs is 1. The molecule has 1 aliphatic rings. The van der Waals surface area contributed by atoms with Crippen molar-refractivity contribution in [3.8, 4) is 0 Å². The molecule has 2 rings (SSSR count). The Labute approximate surface area is 101 Å². The average Bonchev–Trinajstić information content (AvgIpc) is 2.31. The predicted octanol–water partition coefficient (Wildman–Crippen LogP) is 1.20. The Bertz CT molecular complexity index is 431. The van der Waals surface area contributed by atoms with Gasteiger partial charge in [0.2, 0.25) is 0 Å². The number of hydrogen-bond acceptors (Lipinski definition) is 3. The molecule has 0 amide bonds. The summed E-state index contributed by atoms with van der Waals surface area (Å²) < 4.78 is 0. The van der Waals surface area contributed by atoms with Crippen molar-refractivity contribution in [1.29, 1.82) is 0 Å². The highest BCUT2D eigenvalue weighted by molar-refractivity contribution is 5.78. The summed E-state index contributed by atoms with van der Waals surface area (Å²) in [6.07, 6.45) is 2.01. The molecule has 92 valence electrons. The minimum Gasteiger partial charge on any atom is -0.481 e. The summed E-state index contributed by atoms with van der Waals surface area (Å²) in [4.78, 5) is 13.4. The van der Waals surface area contributed by atoms with Gasteiger partial charge in [-0.25, -0.2) is 0 Å². The van der Waals surface area contributed by atoms with Gasteiger partial charge in [0, 0.05) is 25.8 Å². The van der Waals surface area contributed by atoms with E-state index in [9.17, 15) is 9.90 Å². The van der Waals surface area contributed by atoms with Crippen molar-refractivity contribution in [2.75, 3.05) is 25.0 Å². The Hall–Kier alpha value is -1.55. The molecule has 0 aliphatic carbocycles. The predicted molar refractivity (Wildman–Crippen MR) is 67.5 cm³/mol.